The minimum atomic E-state index is -0.351. The lowest BCUT2D eigenvalue weighted by Crippen LogP contribution is -2.29. The largest absolute Gasteiger partial charge is 0.328 e. The first kappa shape index (κ1) is 16.5. The Hall–Kier alpha value is -2.99. The molecule has 6 heteroatoms. The number of rotatable bonds is 3. The second-order valence-electron chi connectivity index (χ2n) is 6.80. The van der Waals surface area contributed by atoms with Crippen molar-refractivity contribution in [3.05, 3.63) is 59.7 Å². The zero-order valence-corrected chi connectivity index (χ0v) is 14.1. The summed E-state index contributed by atoms with van der Waals surface area (Å²) in [7, 11) is 0. The molecule has 3 amide bonds. The number of carbonyl (C=O) groups is 3. The lowest BCUT2D eigenvalue weighted by molar-refractivity contribution is -0.119. The van der Waals surface area contributed by atoms with Gasteiger partial charge in [-0.15, -0.1) is 0 Å². The smallest absolute Gasteiger partial charge is 0.266 e. The fraction of sp³-hybridized carbons (Fsp3) is 0.250. The fourth-order valence-corrected chi connectivity index (χ4v) is 3.65. The van der Waals surface area contributed by atoms with Crippen molar-refractivity contribution in [2.45, 2.75) is 25.3 Å². The van der Waals surface area contributed by atoms with Gasteiger partial charge in [0.25, 0.3) is 11.8 Å². The van der Waals surface area contributed by atoms with Gasteiger partial charge < -0.3 is 11.1 Å². The van der Waals surface area contributed by atoms with Gasteiger partial charge in [0.05, 0.1) is 16.8 Å². The third-order valence-electron chi connectivity index (χ3n) is 5.01. The molecule has 0 spiro atoms. The molecule has 1 heterocycles. The molecule has 2 atom stereocenters. The number of amides is 3. The summed E-state index contributed by atoms with van der Waals surface area (Å²) in [5.74, 6) is -0.864. The maximum absolute atomic E-state index is 12.6. The average Bonchev–Trinajstić information content (AvgIpc) is 3.18. The molecule has 1 aliphatic heterocycles. The zero-order valence-electron chi connectivity index (χ0n) is 14.1. The quantitative estimate of drug-likeness (QED) is 0.833. The SMILES string of the molecule is NC1CCC(C(=O)Nc2cccc(N3C(=O)c4ccccc4C3=O)c2)C1. The van der Waals surface area contributed by atoms with Crippen LogP contribution in [0.5, 0.6) is 0 Å². The second kappa shape index (κ2) is 6.38. The monoisotopic (exact) mass is 349 g/mol. The van der Waals surface area contributed by atoms with Crippen molar-refractivity contribution >= 4 is 29.1 Å². The Kier molecular flexibility index (Phi) is 4.05. The molecular weight excluding hydrogens is 330 g/mol. The molecular formula is C20H19N3O3. The molecule has 2 aromatic rings. The van der Waals surface area contributed by atoms with E-state index < -0.39 is 0 Å². The van der Waals surface area contributed by atoms with Crippen LogP contribution in [0.4, 0.5) is 11.4 Å². The van der Waals surface area contributed by atoms with Crippen molar-refractivity contribution in [1.29, 1.82) is 0 Å². The van der Waals surface area contributed by atoms with Crippen molar-refractivity contribution in [2.24, 2.45) is 11.7 Å². The Morgan fingerprint density at radius 3 is 2.31 bits per heavy atom. The molecule has 0 radical (unpaired) electrons. The Bertz CT molecular complexity index is 874. The highest BCUT2D eigenvalue weighted by Crippen LogP contribution is 2.30. The number of nitrogens with one attached hydrogen (secondary N) is 1. The molecule has 3 N–H and O–H groups in total. The fourth-order valence-electron chi connectivity index (χ4n) is 3.65. The van der Waals surface area contributed by atoms with Gasteiger partial charge in [-0.2, -0.15) is 0 Å². The highest BCUT2D eigenvalue weighted by Gasteiger charge is 2.36. The number of fused-ring (bicyclic) bond motifs is 1. The Morgan fingerprint density at radius 2 is 1.69 bits per heavy atom. The Labute approximate surface area is 151 Å². The van der Waals surface area contributed by atoms with Crippen LogP contribution in [0, 0.1) is 5.92 Å². The lowest BCUT2D eigenvalue weighted by atomic mass is 10.1. The van der Waals surface area contributed by atoms with Gasteiger partial charge in [0.15, 0.2) is 0 Å². The number of imide groups is 1. The van der Waals surface area contributed by atoms with E-state index in [1.54, 1.807) is 48.5 Å². The molecule has 2 unspecified atom stereocenters. The Morgan fingerprint density at radius 1 is 1.00 bits per heavy atom. The average molecular weight is 349 g/mol. The van der Waals surface area contributed by atoms with Gasteiger partial charge in [-0.05, 0) is 49.6 Å². The lowest BCUT2D eigenvalue weighted by Gasteiger charge is -2.16. The molecule has 132 valence electrons. The van der Waals surface area contributed by atoms with E-state index in [1.165, 1.54) is 0 Å². The van der Waals surface area contributed by atoms with Gasteiger partial charge in [-0.3, -0.25) is 14.4 Å². The van der Waals surface area contributed by atoms with E-state index in [9.17, 15) is 14.4 Å². The van der Waals surface area contributed by atoms with Gasteiger partial charge >= 0.3 is 0 Å². The predicted molar refractivity (Wildman–Crippen MR) is 98.0 cm³/mol. The van der Waals surface area contributed by atoms with Crippen molar-refractivity contribution in [3.8, 4) is 0 Å². The van der Waals surface area contributed by atoms with Crippen molar-refractivity contribution in [2.75, 3.05) is 10.2 Å². The summed E-state index contributed by atoms with van der Waals surface area (Å²) in [5.41, 5.74) is 7.67. The van der Waals surface area contributed by atoms with Gasteiger partial charge in [-0.1, -0.05) is 18.2 Å². The van der Waals surface area contributed by atoms with Gasteiger partial charge in [0.2, 0.25) is 5.91 Å². The highest BCUT2D eigenvalue weighted by molar-refractivity contribution is 6.34. The van der Waals surface area contributed by atoms with Gasteiger partial charge in [0.1, 0.15) is 0 Å². The number of benzene rings is 2. The van der Waals surface area contributed by atoms with E-state index in [0.717, 1.165) is 17.7 Å². The second-order valence-corrected chi connectivity index (χ2v) is 6.80. The summed E-state index contributed by atoms with van der Waals surface area (Å²) in [5, 5.41) is 2.88. The van der Waals surface area contributed by atoms with Crippen LogP contribution < -0.4 is 16.0 Å². The Balaban J connectivity index is 1.56. The standard InChI is InChI=1S/C20H19N3O3/c21-13-9-8-12(10-13)18(24)22-14-4-3-5-15(11-14)23-19(25)16-6-1-2-7-17(16)20(23)26/h1-7,11-13H,8-10,21H2,(H,22,24). The van der Waals surface area contributed by atoms with Crippen LogP contribution in [0.3, 0.4) is 0 Å². The van der Waals surface area contributed by atoms with Crippen LogP contribution >= 0.6 is 0 Å². The van der Waals surface area contributed by atoms with Crippen LogP contribution in [-0.4, -0.2) is 23.8 Å². The van der Waals surface area contributed by atoms with Crippen molar-refractivity contribution in [3.63, 3.8) is 0 Å². The van der Waals surface area contributed by atoms with Gasteiger partial charge in [-0.25, -0.2) is 4.90 Å². The molecule has 4 rings (SSSR count). The van der Waals surface area contributed by atoms with E-state index in [2.05, 4.69) is 5.32 Å². The van der Waals surface area contributed by atoms with Crippen LogP contribution in [0.2, 0.25) is 0 Å². The summed E-state index contributed by atoms with van der Waals surface area (Å²) < 4.78 is 0. The van der Waals surface area contributed by atoms with Crippen molar-refractivity contribution < 1.29 is 14.4 Å². The number of nitrogens with two attached hydrogens (primary N) is 1. The number of hydrogen-bond donors (Lipinski definition) is 2. The van der Waals surface area contributed by atoms with Crippen molar-refractivity contribution in [1.82, 2.24) is 0 Å². The molecule has 2 aromatic carbocycles. The van der Waals surface area contributed by atoms with E-state index in [1.807, 2.05) is 0 Å². The number of nitrogens with zero attached hydrogens (tertiary/aromatic N) is 1. The maximum Gasteiger partial charge on any atom is 0.266 e. The predicted octanol–water partition coefficient (Wildman–Crippen LogP) is 2.55. The third kappa shape index (κ3) is 2.78. The van der Waals surface area contributed by atoms with Crippen LogP contribution in [-0.2, 0) is 4.79 Å². The number of anilines is 2. The molecule has 1 saturated carbocycles. The summed E-state index contributed by atoms with van der Waals surface area (Å²) >= 11 is 0. The van der Waals surface area contributed by atoms with Crippen LogP contribution in [0.1, 0.15) is 40.0 Å². The topological polar surface area (TPSA) is 92.5 Å². The van der Waals surface area contributed by atoms with E-state index >= 15 is 0 Å². The minimum Gasteiger partial charge on any atom is -0.328 e. The molecule has 0 aromatic heterocycles. The number of hydrogen-bond acceptors (Lipinski definition) is 4. The van der Waals surface area contributed by atoms with Crippen LogP contribution in [0.25, 0.3) is 0 Å². The molecule has 2 aliphatic rings. The summed E-state index contributed by atoms with van der Waals surface area (Å²) in [4.78, 5) is 38.7. The highest BCUT2D eigenvalue weighted by atomic mass is 16.2. The van der Waals surface area contributed by atoms with E-state index in [4.69, 9.17) is 5.73 Å². The van der Waals surface area contributed by atoms with E-state index in [-0.39, 0.29) is 29.7 Å². The van der Waals surface area contributed by atoms with Gasteiger partial charge in [0, 0.05) is 17.6 Å². The first-order valence-corrected chi connectivity index (χ1v) is 8.69. The first-order chi connectivity index (χ1) is 12.5. The normalized spacial score (nSPS) is 21.8. The molecule has 1 fully saturated rings. The summed E-state index contributed by atoms with van der Waals surface area (Å²) in [6.07, 6.45) is 2.32. The third-order valence-corrected chi connectivity index (χ3v) is 5.01. The van der Waals surface area contributed by atoms with E-state index in [0.29, 0.717) is 28.9 Å². The summed E-state index contributed by atoms with van der Waals surface area (Å²) in [6.45, 7) is 0. The maximum atomic E-state index is 12.6. The minimum absolute atomic E-state index is 0.0718. The first-order valence-electron chi connectivity index (χ1n) is 8.69. The molecule has 6 nitrogen and oxygen atoms in total. The zero-order chi connectivity index (χ0) is 18.3. The molecule has 26 heavy (non-hydrogen) atoms. The van der Waals surface area contributed by atoms with Crippen LogP contribution in [0.15, 0.2) is 48.5 Å². The molecule has 0 saturated heterocycles. The molecule has 1 aliphatic carbocycles. The molecule has 0 bridgehead atoms. The number of carbonyl (C=O) groups excluding carboxylic acids is 3. The summed E-state index contributed by atoms with van der Waals surface area (Å²) in [6, 6.07) is 13.6.